The summed E-state index contributed by atoms with van der Waals surface area (Å²) in [5, 5.41) is 6.37. The molecule has 7 nitrogen and oxygen atoms in total. The highest BCUT2D eigenvalue weighted by Crippen LogP contribution is 2.32. The van der Waals surface area contributed by atoms with E-state index in [-0.39, 0.29) is 24.2 Å². The zero-order chi connectivity index (χ0) is 18.6. The number of nitrogens with two attached hydrogens (primary N) is 1. The van der Waals surface area contributed by atoms with Gasteiger partial charge in [0.2, 0.25) is 11.8 Å². The van der Waals surface area contributed by atoms with Gasteiger partial charge in [0.05, 0.1) is 15.6 Å². The minimum atomic E-state index is -0.569. The molecular formula is C18H25ClN4O3S. The second-order valence-corrected chi connectivity index (χ2v) is 7.58. The van der Waals surface area contributed by atoms with Crippen LogP contribution in [0.2, 0.25) is 0 Å². The number of ether oxygens (including phenoxy) is 1. The second-order valence-electron chi connectivity index (χ2n) is 6.55. The van der Waals surface area contributed by atoms with E-state index in [0.717, 1.165) is 16.6 Å². The largest absolute Gasteiger partial charge is 0.381 e. The first-order valence-corrected chi connectivity index (χ1v) is 9.68. The van der Waals surface area contributed by atoms with Crippen molar-refractivity contribution >= 4 is 56.6 Å². The lowest BCUT2D eigenvalue weighted by Gasteiger charge is -2.34. The second kappa shape index (κ2) is 9.45. The van der Waals surface area contributed by atoms with Gasteiger partial charge >= 0.3 is 0 Å². The molecule has 1 fully saturated rings. The summed E-state index contributed by atoms with van der Waals surface area (Å²) < 4.78 is 6.27. The molecule has 0 saturated carbocycles. The number of amides is 2. The summed E-state index contributed by atoms with van der Waals surface area (Å²) >= 11 is 1.39. The Bertz CT molecular complexity index is 805. The Morgan fingerprint density at radius 3 is 2.70 bits per heavy atom. The van der Waals surface area contributed by atoms with Gasteiger partial charge in [-0.05, 0) is 37.5 Å². The Labute approximate surface area is 168 Å². The molecule has 1 aliphatic heterocycles. The lowest BCUT2D eigenvalue weighted by molar-refractivity contribution is -0.130. The predicted molar refractivity (Wildman–Crippen MR) is 111 cm³/mol. The highest BCUT2D eigenvalue weighted by Gasteiger charge is 2.38. The van der Waals surface area contributed by atoms with E-state index in [1.807, 2.05) is 25.1 Å². The van der Waals surface area contributed by atoms with Gasteiger partial charge in [0.25, 0.3) is 0 Å². The molecule has 2 heterocycles. The summed E-state index contributed by atoms with van der Waals surface area (Å²) in [6.07, 6.45) is 2.53. The van der Waals surface area contributed by atoms with Gasteiger partial charge in [-0.3, -0.25) is 9.59 Å². The third kappa shape index (κ3) is 4.95. The lowest BCUT2D eigenvalue weighted by Crippen LogP contribution is -2.46. The Kier molecular flexibility index (Phi) is 7.55. The molecule has 0 bridgehead atoms. The average Bonchev–Trinajstić information content (AvgIpc) is 3.03. The highest BCUT2D eigenvalue weighted by molar-refractivity contribution is 7.22. The van der Waals surface area contributed by atoms with Crippen LogP contribution in [0.1, 0.15) is 32.6 Å². The molecule has 2 aromatic rings. The average molecular weight is 413 g/mol. The van der Waals surface area contributed by atoms with Crippen LogP contribution in [0.3, 0.4) is 0 Å². The van der Waals surface area contributed by atoms with E-state index >= 15 is 0 Å². The molecule has 0 radical (unpaired) electrons. The number of carbonyl (C=O) groups excluding carboxylic acids is 2. The number of benzene rings is 1. The van der Waals surface area contributed by atoms with Crippen molar-refractivity contribution in [2.24, 2.45) is 11.1 Å². The van der Waals surface area contributed by atoms with Crippen molar-refractivity contribution in [1.82, 2.24) is 4.98 Å². The Morgan fingerprint density at radius 2 is 2.04 bits per heavy atom. The van der Waals surface area contributed by atoms with Gasteiger partial charge < -0.3 is 21.1 Å². The molecule has 2 amide bonds. The van der Waals surface area contributed by atoms with Gasteiger partial charge in [-0.1, -0.05) is 18.3 Å². The monoisotopic (exact) mass is 412 g/mol. The van der Waals surface area contributed by atoms with Gasteiger partial charge in [0.1, 0.15) is 0 Å². The van der Waals surface area contributed by atoms with Crippen LogP contribution in [0.5, 0.6) is 0 Å². The summed E-state index contributed by atoms with van der Waals surface area (Å²) in [4.78, 5) is 28.9. The van der Waals surface area contributed by atoms with Crippen LogP contribution in [0.15, 0.2) is 18.2 Å². The summed E-state index contributed by atoms with van der Waals surface area (Å²) in [6.45, 7) is 3.37. The molecule has 0 atom stereocenters. The maximum absolute atomic E-state index is 12.8. The number of hydrogen-bond acceptors (Lipinski definition) is 6. The lowest BCUT2D eigenvalue weighted by atomic mass is 9.79. The molecule has 9 heteroatoms. The van der Waals surface area contributed by atoms with Crippen molar-refractivity contribution in [1.29, 1.82) is 0 Å². The summed E-state index contributed by atoms with van der Waals surface area (Å²) in [6, 6.07) is 5.54. The first-order chi connectivity index (χ1) is 12.6. The van der Waals surface area contributed by atoms with Gasteiger partial charge in [0.15, 0.2) is 5.13 Å². The third-order valence-corrected chi connectivity index (χ3v) is 5.63. The molecule has 3 rings (SSSR count). The van der Waals surface area contributed by atoms with E-state index in [2.05, 4.69) is 15.6 Å². The first-order valence-electron chi connectivity index (χ1n) is 8.86. The van der Waals surface area contributed by atoms with Gasteiger partial charge in [-0.15, -0.1) is 12.4 Å². The number of nitrogens with zero attached hydrogens (tertiary/aromatic N) is 1. The summed E-state index contributed by atoms with van der Waals surface area (Å²) in [5.74, 6) is -0.104. The van der Waals surface area contributed by atoms with Crippen LogP contribution in [-0.4, -0.2) is 36.6 Å². The number of nitrogens with one attached hydrogen (secondary N) is 2. The number of fused-ring (bicyclic) bond motifs is 1. The van der Waals surface area contributed by atoms with E-state index in [0.29, 0.717) is 49.8 Å². The Morgan fingerprint density at radius 1 is 1.30 bits per heavy atom. The summed E-state index contributed by atoms with van der Waals surface area (Å²) in [5.41, 5.74) is 6.82. The molecule has 1 aromatic heterocycles. The number of carbonyl (C=O) groups is 2. The van der Waals surface area contributed by atoms with E-state index in [1.165, 1.54) is 11.3 Å². The Balaban J connectivity index is 0.00000261. The molecule has 1 saturated heterocycles. The minimum absolute atomic E-state index is 0. The zero-order valence-corrected chi connectivity index (χ0v) is 16.9. The molecule has 0 spiro atoms. The van der Waals surface area contributed by atoms with Crippen molar-refractivity contribution in [3.63, 3.8) is 0 Å². The first kappa shape index (κ1) is 21.6. The Hall–Kier alpha value is -1.74. The molecule has 148 valence electrons. The predicted octanol–water partition coefficient (Wildman–Crippen LogP) is 3.15. The molecule has 4 N–H and O–H groups in total. The number of hydrogen-bond donors (Lipinski definition) is 3. The number of aromatic nitrogens is 1. The fourth-order valence-corrected chi connectivity index (χ4v) is 3.94. The molecule has 0 unspecified atom stereocenters. The normalized spacial score (nSPS) is 15.8. The molecule has 1 aromatic carbocycles. The van der Waals surface area contributed by atoms with Gasteiger partial charge in [-0.2, -0.15) is 0 Å². The van der Waals surface area contributed by atoms with Crippen molar-refractivity contribution in [3.05, 3.63) is 18.2 Å². The standard InChI is InChI=1S/C18H24N4O3S.ClH/c1-2-3-15(23)22-17-21-13-5-4-12(10-14(13)26-17)20-16(24)18(11-19)6-8-25-9-7-18;/h4-5,10H,2-3,6-9,11,19H2,1H3,(H,20,24)(H,21,22,23);1H. The quantitative estimate of drug-likeness (QED) is 0.675. The van der Waals surface area contributed by atoms with E-state index in [9.17, 15) is 9.59 Å². The van der Waals surface area contributed by atoms with E-state index in [4.69, 9.17) is 10.5 Å². The van der Waals surface area contributed by atoms with Crippen LogP contribution < -0.4 is 16.4 Å². The summed E-state index contributed by atoms with van der Waals surface area (Å²) in [7, 11) is 0. The number of halogens is 1. The van der Waals surface area contributed by atoms with Crippen molar-refractivity contribution < 1.29 is 14.3 Å². The van der Waals surface area contributed by atoms with Gasteiger partial charge in [0, 0.05) is 31.9 Å². The highest BCUT2D eigenvalue weighted by atomic mass is 35.5. The van der Waals surface area contributed by atoms with Crippen molar-refractivity contribution in [3.8, 4) is 0 Å². The molecule has 27 heavy (non-hydrogen) atoms. The third-order valence-electron chi connectivity index (χ3n) is 4.69. The molecule has 1 aliphatic rings. The number of thiazole rings is 1. The van der Waals surface area contributed by atoms with E-state index in [1.54, 1.807) is 0 Å². The molecular weight excluding hydrogens is 388 g/mol. The minimum Gasteiger partial charge on any atom is -0.381 e. The van der Waals surface area contributed by atoms with E-state index < -0.39 is 5.41 Å². The number of rotatable bonds is 6. The van der Waals surface area contributed by atoms with Crippen LogP contribution >= 0.6 is 23.7 Å². The smallest absolute Gasteiger partial charge is 0.232 e. The fraction of sp³-hybridized carbons (Fsp3) is 0.500. The van der Waals surface area contributed by atoms with Crippen LogP contribution in [-0.2, 0) is 14.3 Å². The van der Waals surface area contributed by atoms with Gasteiger partial charge in [-0.25, -0.2) is 4.98 Å². The zero-order valence-electron chi connectivity index (χ0n) is 15.2. The van der Waals surface area contributed by atoms with Crippen LogP contribution in [0.4, 0.5) is 10.8 Å². The van der Waals surface area contributed by atoms with Crippen molar-refractivity contribution in [2.75, 3.05) is 30.4 Å². The fourth-order valence-electron chi connectivity index (χ4n) is 3.01. The molecule has 0 aliphatic carbocycles. The topological polar surface area (TPSA) is 106 Å². The number of anilines is 2. The van der Waals surface area contributed by atoms with Crippen LogP contribution in [0, 0.1) is 5.41 Å². The maximum atomic E-state index is 12.8. The van der Waals surface area contributed by atoms with Crippen molar-refractivity contribution in [2.45, 2.75) is 32.6 Å². The SMILES string of the molecule is CCCC(=O)Nc1nc2ccc(NC(=O)C3(CN)CCOCC3)cc2s1.Cl. The van der Waals surface area contributed by atoms with Crippen LogP contribution in [0.25, 0.3) is 10.2 Å². The maximum Gasteiger partial charge on any atom is 0.232 e.